The van der Waals surface area contributed by atoms with Crippen LogP contribution in [0.2, 0.25) is 0 Å². The van der Waals surface area contributed by atoms with Gasteiger partial charge < -0.3 is 5.32 Å². The normalized spacial score (nSPS) is 33.5. The first-order valence-corrected chi connectivity index (χ1v) is 5.44. The Bertz CT molecular complexity index is 108. The molecule has 2 aliphatic heterocycles. The van der Waals surface area contributed by atoms with Crippen molar-refractivity contribution in [2.75, 3.05) is 19.6 Å². The summed E-state index contributed by atoms with van der Waals surface area (Å²) in [5.41, 5.74) is 0. The largest absolute Gasteiger partial charge is 0.302 e. The first-order chi connectivity index (χ1) is 5.97. The molecule has 12 heavy (non-hydrogen) atoms. The van der Waals surface area contributed by atoms with Crippen molar-refractivity contribution in [1.29, 1.82) is 0 Å². The monoisotopic (exact) mass is 168 g/mol. The van der Waals surface area contributed by atoms with Crippen molar-refractivity contribution < 1.29 is 0 Å². The Hall–Kier alpha value is -0.0800. The minimum Gasteiger partial charge on any atom is -0.302 e. The highest BCUT2D eigenvalue weighted by Crippen LogP contribution is 2.16. The van der Waals surface area contributed by atoms with Crippen LogP contribution in [0.5, 0.6) is 0 Å². The van der Waals surface area contributed by atoms with Crippen molar-refractivity contribution in [3.8, 4) is 0 Å². The fourth-order valence-electron chi connectivity index (χ4n) is 2.38. The lowest BCUT2D eigenvalue weighted by Gasteiger charge is -2.37. The lowest BCUT2D eigenvalue weighted by atomic mass is 10.1. The molecule has 2 heterocycles. The van der Waals surface area contributed by atoms with Gasteiger partial charge in [0.05, 0.1) is 6.17 Å². The number of hydrogen-bond donors (Lipinski definition) is 1. The Morgan fingerprint density at radius 1 is 0.917 bits per heavy atom. The fraction of sp³-hybridized carbons (Fsp3) is 1.00. The Morgan fingerprint density at radius 3 is 2.42 bits per heavy atom. The van der Waals surface area contributed by atoms with E-state index < -0.39 is 0 Å². The van der Waals surface area contributed by atoms with Gasteiger partial charge in [-0.25, -0.2) is 0 Å². The topological polar surface area (TPSA) is 15.3 Å². The highest BCUT2D eigenvalue weighted by Gasteiger charge is 2.21. The molecule has 1 unspecified atom stereocenters. The summed E-state index contributed by atoms with van der Waals surface area (Å²) in [7, 11) is 0. The van der Waals surface area contributed by atoms with E-state index in [4.69, 9.17) is 0 Å². The van der Waals surface area contributed by atoms with Crippen LogP contribution >= 0.6 is 0 Å². The van der Waals surface area contributed by atoms with Gasteiger partial charge in [-0.1, -0.05) is 6.42 Å². The SMILES string of the molecule is C1CCN(C2CCCCN2)CC1. The molecule has 2 fully saturated rings. The third kappa shape index (κ3) is 1.99. The summed E-state index contributed by atoms with van der Waals surface area (Å²) < 4.78 is 0. The molecule has 1 N–H and O–H groups in total. The standard InChI is InChI=1S/C10H20N2/c1-4-8-12(9-5-1)10-6-2-3-7-11-10/h10-11H,1-9H2. The first kappa shape index (κ1) is 8.52. The van der Waals surface area contributed by atoms with Gasteiger partial charge in [0.15, 0.2) is 0 Å². The maximum Gasteiger partial charge on any atom is 0.0597 e. The van der Waals surface area contributed by atoms with Crippen molar-refractivity contribution in [2.24, 2.45) is 0 Å². The zero-order valence-corrected chi connectivity index (χ0v) is 7.89. The molecule has 70 valence electrons. The van der Waals surface area contributed by atoms with E-state index in [1.807, 2.05) is 0 Å². The van der Waals surface area contributed by atoms with E-state index >= 15 is 0 Å². The van der Waals surface area contributed by atoms with Crippen molar-refractivity contribution in [3.05, 3.63) is 0 Å². The summed E-state index contributed by atoms with van der Waals surface area (Å²) >= 11 is 0. The molecular weight excluding hydrogens is 148 g/mol. The molecule has 0 amide bonds. The van der Waals surface area contributed by atoms with Gasteiger partial charge in [0.25, 0.3) is 0 Å². The van der Waals surface area contributed by atoms with Crippen LogP contribution in [0.3, 0.4) is 0 Å². The Kier molecular flexibility index (Phi) is 3.01. The molecule has 1 atom stereocenters. The summed E-state index contributed by atoms with van der Waals surface area (Å²) in [6.07, 6.45) is 9.18. The minimum atomic E-state index is 0.721. The molecule has 0 saturated carbocycles. The molecule has 2 aliphatic rings. The molecule has 2 saturated heterocycles. The molecule has 0 radical (unpaired) electrons. The maximum atomic E-state index is 3.61. The summed E-state index contributed by atoms with van der Waals surface area (Å²) in [5.74, 6) is 0. The molecule has 2 nitrogen and oxygen atoms in total. The molecule has 0 aromatic heterocycles. The highest BCUT2D eigenvalue weighted by atomic mass is 15.3. The predicted molar refractivity (Wildman–Crippen MR) is 51.1 cm³/mol. The van der Waals surface area contributed by atoms with Gasteiger partial charge in [-0.05, 0) is 51.7 Å². The third-order valence-electron chi connectivity index (χ3n) is 3.12. The molecule has 0 aromatic carbocycles. The van der Waals surface area contributed by atoms with Crippen LogP contribution in [0.25, 0.3) is 0 Å². The zero-order valence-electron chi connectivity index (χ0n) is 7.89. The molecule has 0 aliphatic carbocycles. The fourth-order valence-corrected chi connectivity index (χ4v) is 2.38. The van der Waals surface area contributed by atoms with E-state index in [1.165, 1.54) is 58.2 Å². The third-order valence-corrected chi connectivity index (χ3v) is 3.12. The predicted octanol–water partition coefficient (Wildman–Crippen LogP) is 1.57. The minimum absolute atomic E-state index is 0.721. The van der Waals surface area contributed by atoms with Gasteiger partial charge in [-0.3, -0.25) is 4.90 Å². The summed E-state index contributed by atoms with van der Waals surface area (Å²) in [5, 5.41) is 3.61. The second-order valence-electron chi connectivity index (χ2n) is 4.06. The summed E-state index contributed by atoms with van der Waals surface area (Å²) in [4.78, 5) is 2.64. The number of likely N-dealkylation sites (tertiary alicyclic amines) is 1. The molecule has 0 bridgehead atoms. The average Bonchev–Trinajstić information content (AvgIpc) is 2.21. The van der Waals surface area contributed by atoms with Crippen LogP contribution in [-0.2, 0) is 0 Å². The second-order valence-corrected chi connectivity index (χ2v) is 4.06. The smallest absolute Gasteiger partial charge is 0.0597 e. The van der Waals surface area contributed by atoms with E-state index in [-0.39, 0.29) is 0 Å². The van der Waals surface area contributed by atoms with Gasteiger partial charge >= 0.3 is 0 Å². The van der Waals surface area contributed by atoms with Crippen LogP contribution in [0.15, 0.2) is 0 Å². The maximum absolute atomic E-state index is 3.61. The van der Waals surface area contributed by atoms with Crippen molar-refractivity contribution in [2.45, 2.75) is 44.7 Å². The van der Waals surface area contributed by atoms with Crippen molar-refractivity contribution in [1.82, 2.24) is 10.2 Å². The Morgan fingerprint density at radius 2 is 1.75 bits per heavy atom. The highest BCUT2D eigenvalue weighted by molar-refractivity contribution is 4.76. The number of nitrogens with zero attached hydrogens (tertiary/aromatic N) is 1. The van der Waals surface area contributed by atoms with E-state index in [2.05, 4.69) is 10.2 Å². The molecule has 0 aromatic rings. The Balaban J connectivity index is 1.80. The molecular formula is C10H20N2. The second kappa shape index (κ2) is 4.24. The quantitative estimate of drug-likeness (QED) is 0.639. The average molecular weight is 168 g/mol. The van der Waals surface area contributed by atoms with E-state index in [0.717, 1.165) is 6.17 Å². The van der Waals surface area contributed by atoms with Crippen LogP contribution < -0.4 is 5.32 Å². The number of rotatable bonds is 1. The van der Waals surface area contributed by atoms with Gasteiger partial charge in [-0.15, -0.1) is 0 Å². The van der Waals surface area contributed by atoms with Gasteiger partial charge in [0, 0.05) is 0 Å². The van der Waals surface area contributed by atoms with Crippen LogP contribution in [0.1, 0.15) is 38.5 Å². The lowest BCUT2D eigenvalue weighted by Crippen LogP contribution is -2.49. The van der Waals surface area contributed by atoms with Crippen LogP contribution in [0, 0.1) is 0 Å². The Labute approximate surface area is 75.3 Å². The van der Waals surface area contributed by atoms with Crippen molar-refractivity contribution >= 4 is 0 Å². The van der Waals surface area contributed by atoms with Crippen molar-refractivity contribution in [3.63, 3.8) is 0 Å². The molecule has 0 spiro atoms. The van der Waals surface area contributed by atoms with E-state index in [1.54, 1.807) is 0 Å². The van der Waals surface area contributed by atoms with E-state index in [0.29, 0.717) is 0 Å². The van der Waals surface area contributed by atoms with Crippen LogP contribution in [0.4, 0.5) is 0 Å². The first-order valence-electron chi connectivity index (χ1n) is 5.44. The molecule has 2 rings (SSSR count). The number of nitrogens with one attached hydrogen (secondary N) is 1. The number of hydrogen-bond acceptors (Lipinski definition) is 2. The summed E-state index contributed by atoms with van der Waals surface area (Å²) in [6.45, 7) is 3.90. The van der Waals surface area contributed by atoms with E-state index in [9.17, 15) is 0 Å². The lowest BCUT2D eigenvalue weighted by molar-refractivity contribution is 0.114. The number of piperidine rings is 2. The van der Waals surface area contributed by atoms with Crippen LogP contribution in [-0.4, -0.2) is 30.7 Å². The summed E-state index contributed by atoms with van der Waals surface area (Å²) in [6, 6.07) is 0. The van der Waals surface area contributed by atoms with Gasteiger partial charge in [-0.2, -0.15) is 0 Å². The zero-order chi connectivity index (χ0) is 8.23. The van der Waals surface area contributed by atoms with Gasteiger partial charge in [0.1, 0.15) is 0 Å². The van der Waals surface area contributed by atoms with Gasteiger partial charge in [0.2, 0.25) is 0 Å². The molecule has 2 heteroatoms.